The Labute approximate surface area is 92.7 Å². The molecule has 0 aromatic heterocycles. The van der Waals surface area contributed by atoms with Crippen LogP contribution in [0.3, 0.4) is 0 Å². The number of hydrogen-bond acceptors (Lipinski definition) is 1. The van der Waals surface area contributed by atoms with Crippen molar-refractivity contribution in [3.8, 4) is 0 Å². The summed E-state index contributed by atoms with van der Waals surface area (Å²) < 4.78 is 44.6. The zero-order valence-corrected chi connectivity index (χ0v) is 9.13. The average molecular weight is 232 g/mol. The molecule has 4 heteroatoms. The Morgan fingerprint density at radius 3 is 2.62 bits per heavy atom. The van der Waals surface area contributed by atoms with Gasteiger partial charge in [0.2, 0.25) is 0 Å². The van der Waals surface area contributed by atoms with Crippen LogP contribution in [0.15, 0.2) is 12.7 Å². The highest BCUT2D eigenvalue weighted by atomic mass is 19.4. The van der Waals surface area contributed by atoms with Crippen molar-refractivity contribution in [3.63, 3.8) is 0 Å². The third-order valence-corrected chi connectivity index (χ3v) is 4.92. The molecule has 2 saturated carbocycles. The van der Waals surface area contributed by atoms with Gasteiger partial charge in [0.1, 0.15) is 0 Å². The first-order valence-electron chi connectivity index (χ1n) is 5.75. The molecule has 90 valence electrons. The molecule has 0 spiro atoms. The molecule has 2 aliphatic carbocycles. The van der Waals surface area contributed by atoms with Gasteiger partial charge in [-0.2, -0.15) is 13.2 Å². The number of fused-ring (bicyclic) bond motifs is 1. The van der Waals surface area contributed by atoms with Gasteiger partial charge in [0.05, 0.1) is 6.10 Å². The number of halogens is 3. The summed E-state index contributed by atoms with van der Waals surface area (Å²) in [6.07, 6.45) is -1.18. The number of hydrogen-bond donors (Lipinski definition) is 0. The molecule has 3 aliphatic rings. The van der Waals surface area contributed by atoms with Crippen LogP contribution in [0.25, 0.3) is 0 Å². The van der Waals surface area contributed by atoms with Crippen molar-refractivity contribution in [2.45, 2.75) is 37.6 Å². The van der Waals surface area contributed by atoms with Crippen LogP contribution in [0.5, 0.6) is 0 Å². The molecule has 0 aromatic carbocycles. The predicted molar refractivity (Wildman–Crippen MR) is 52.7 cm³/mol. The van der Waals surface area contributed by atoms with Crippen LogP contribution < -0.4 is 0 Å². The third kappa shape index (κ3) is 1.02. The van der Waals surface area contributed by atoms with Crippen molar-refractivity contribution in [2.24, 2.45) is 23.7 Å². The van der Waals surface area contributed by atoms with E-state index in [1.807, 2.05) is 0 Å². The molecule has 0 aromatic rings. The zero-order chi connectivity index (χ0) is 11.7. The lowest BCUT2D eigenvalue weighted by Gasteiger charge is -2.31. The second-order valence-electron chi connectivity index (χ2n) is 5.50. The maximum Gasteiger partial charge on any atom is 0.417 e. The van der Waals surface area contributed by atoms with Gasteiger partial charge < -0.3 is 4.74 Å². The Bertz CT molecular complexity index is 338. The van der Waals surface area contributed by atoms with E-state index in [0.717, 1.165) is 6.42 Å². The van der Waals surface area contributed by atoms with Crippen molar-refractivity contribution >= 4 is 0 Å². The largest absolute Gasteiger partial charge is 0.417 e. The molecule has 0 amide bonds. The van der Waals surface area contributed by atoms with E-state index in [4.69, 9.17) is 4.74 Å². The van der Waals surface area contributed by atoms with Gasteiger partial charge in [-0.25, -0.2) is 0 Å². The van der Waals surface area contributed by atoms with Gasteiger partial charge in [0, 0.05) is 11.8 Å². The molecule has 1 aliphatic heterocycles. The summed E-state index contributed by atoms with van der Waals surface area (Å²) in [6, 6.07) is 0. The predicted octanol–water partition coefficient (Wildman–Crippen LogP) is 3.16. The van der Waals surface area contributed by atoms with Gasteiger partial charge in [-0.15, -0.1) is 6.58 Å². The Morgan fingerprint density at radius 1 is 1.38 bits per heavy atom. The molecule has 3 rings (SSSR count). The summed E-state index contributed by atoms with van der Waals surface area (Å²) in [4.78, 5) is 0. The Kier molecular flexibility index (Phi) is 1.88. The normalized spacial score (nSPS) is 54.6. The lowest BCUT2D eigenvalue weighted by atomic mass is 9.76. The molecule has 1 saturated heterocycles. The van der Waals surface area contributed by atoms with E-state index in [-0.39, 0.29) is 23.9 Å². The van der Waals surface area contributed by atoms with E-state index < -0.39 is 11.8 Å². The van der Waals surface area contributed by atoms with Crippen molar-refractivity contribution in [3.05, 3.63) is 12.7 Å². The first kappa shape index (κ1) is 10.6. The van der Waals surface area contributed by atoms with E-state index in [9.17, 15) is 13.2 Å². The number of rotatable bonds is 1. The second-order valence-corrected chi connectivity index (χ2v) is 5.50. The topological polar surface area (TPSA) is 9.23 Å². The van der Waals surface area contributed by atoms with E-state index in [1.54, 1.807) is 6.08 Å². The maximum atomic E-state index is 13.1. The number of alkyl halides is 3. The minimum Gasteiger partial charge on any atom is -0.361 e. The van der Waals surface area contributed by atoms with Crippen LogP contribution in [0, 0.1) is 23.7 Å². The van der Waals surface area contributed by atoms with E-state index in [2.05, 4.69) is 6.58 Å². The highest BCUT2D eigenvalue weighted by Crippen LogP contribution is 2.65. The van der Waals surface area contributed by atoms with E-state index in [0.29, 0.717) is 12.3 Å². The molecule has 6 atom stereocenters. The van der Waals surface area contributed by atoms with E-state index in [1.165, 1.54) is 6.92 Å². The molecule has 3 fully saturated rings. The Morgan fingerprint density at radius 2 is 2.06 bits per heavy atom. The van der Waals surface area contributed by atoms with Gasteiger partial charge in [-0.05, 0) is 31.6 Å². The van der Waals surface area contributed by atoms with Crippen LogP contribution >= 0.6 is 0 Å². The van der Waals surface area contributed by atoms with Gasteiger partial charge in [0.25, 0.3) is 0 Å². The minimum atomic E-state index is -4.25. The molecule has 2 bridgehead atoms. The summed E-state index contributed by atoms with van der Waals surface area (Å²) in [5.74, 6) is 0.255. The van der Waals surface area contributed by atoms with Gasteiger partial charge in [-0.3, -0.25) is 0 Å². The lowest BCUT2D eigenvalue weighted by Crippen LogP contribution is -2.47. The Hall–Kier alpha value is -0.510. The van der Waals surface area contributed by atoms with Crippen LogP contribution in [0.2, 0.25) is 0 Å². The van der Waals surface area contributed by atoms with Crippen molar-refractivity contribution in [2.75, 3.05) is 0 Å². The van der Waals surface area contributed by atoms with Gasteiger partial charge in [-0.1, -0.05) is 6.08 Å². The first-order valence-corrected chi connectivity index (χ1v) is 5.75. The molecule has 1 nitrogen and oxygen atoms in total. The summed E-state index contributed by atoms with van der Waals surface area (Å²) in [5.41, 5.74) is -1.92. The standard InChI is InChI=1S/C12H15F3O/c1-3-7-6-4-8-9(5-6)11(2,12(13,14)15)16-10(7)8/h3,6-10H,1,4-5H2,2H3. The van der Waals surface area contributed by atoms with E-state index >= 15 is 0 Å². The quantitative estimate of drug-likeness (QED) is 0.631. The molecule has 1 heterocycles. The van der Waals surface area contributed by atoms with Gasteiger partial charge >= 0.3 is 6.18 Å². The minimum absolute atomic E-state index is 0.0969. The highest BCUT2D eigenvalue weighted by molar-refractivity contribution is 5.17. The fraction of sp³-hybridized carbons (Fsp3) is 0.833. The highest BCUT2D eigenvalue weighted by Gasteiger charge is 2.71. The SMILES string of the molecule is C=CC1C2CC3C1OC(C)(C(F)(F)F)C3C2. The number of ether oxygens (including phenoxy) is 1. The third-order valence-electron chi connectivity index (χ3n) is 4.92. The van der Waals surface area contributed by atoms with Gasteiger partial charge in [0.15, 0.2) is 5.60 Å². The summed E-state index contributed by atoms with van der Waals surface area (Å²) in [5, 5.41) is 0. The molecule has 0 N–H and O–H groups in total. The van der Waals surface area contributed by atoms with Crippen LogP contribution in [0.1, 0.15) is 19.8 Å². The first-order chi connectivity index (χ1) is 7.38. The Balaban J connectivity index is 1.98. The van der Waals surface area contributed by atoms with Crippen LogP contribution in [-0.2, 0) is 4.74 Å². The second kappa shape index (κ2) is 2.84. The molecule has 0 radical (unpaired) electrons. The monoisotopic (exact) mass is 232 g/mol. The molecule has 6 unspecified atom stereocenters. The maximum absolute atomic E-state index is 13.1. The summed E-state index contributed by atoms with van der Waals surface area (Å²) in [6.45, 7) is 4.95. The fourth-order valence-corrected chi connectivity index (χ4v) is 4.12. The smallest absolute Gasteiger partial charge is 0.361 e. The summed E-state index contributed by atoms with van der Waals surface area (Å²) >= 11 is 0. The van der Waals surface area contributed by atoms with Crippen LogP contribution in [-0.4, -0.2) is 17.9 Å². The average Bonchev–Trinajstić information content (AvgIpc) is 2.75. The molecular weight excluding hydrogens is 217 g/mol. The molecule has 16 heavy (non-hydrogen) atoms. The lowest BCUT2D eigenvalue weighted by molar-refractivity contribution is -0.274. The van der Waals surface area contributed by atoms with Crippen molar-refractivity contribution in [1.82, 2.24) is 0 Å². The molecular formula is C12H15F3O. The van der Waals surface area contributed by atoms with Crippen LogP contribution in [0.4, 0.5) is 13.2 Å². The zero-order valence-electron chi connectivity index (χ0n) is 9.13. The van der Waals surface area contributed by atoms with Crippen molar-refractivity contribution < 1.29 is 17.9 Å². The summed E-state index contributed by atoms with van der Waals surface area (Å²) in [7, 11) is 0. The fourth-order valence-electron chi connectivity index (χ4n) is 4.12. The van der Waals surface area contributed by atoms with Crippen molar-refractivity contribution in [1.29, 1.82) is 0 Å².